The van der Waals surface area contributed by atoms with Crippen molar-refractivity contribution in [1.29, 1.82) is 0 Å². The summed E-state index contributed by atoms with van der Waals surface area (Å²) in [6.45, 7) is 9.62. The molecule has 0 aliphatic heterocycles. The molecule has 110 valence electrons. The highest BCUT2D eigenvalue weighted by Gasteiger charge is 2.16. The molecule has 0 spiro atoms. The fourth-order valence-corrected chi connectivity index (χ4v) is 2.35. The first kappa shape index (κ1) is 15.0. The largest absolute Gasteiger partial charge is 0.441 e. The van der Waals surface area contributed by atoms with Gasteiger partial charge in [-0.15, -0.1) is 0 Å². The molecular weight excluding hydrogens is 248 g/mol. The lowest BCUT2D eigenvalue weighted by Gasteiger charge is -2.18. The molecule has 3 nitrogen and oxygen atoms in total. The van der Waals surface area contributed by atoms with Crippen LogP contribution in [0.15, 0.2) is 22.6 Å². The summed E-state index contributed by atoms with van der Waals surface area (Å²) >= 11 is 0. The molecule has 1 atom stereocenters. The van der Waals surface area contributed by atoms with Crippen molar-refractivity contribution in [2.45, 2.75) is 52.4 Å². The molecule has 1 aromatic heterocycles. The second kappa shape index (κ2) is 5.96. The zero-order chi connectivity index (χ0) is 14.8. The average molecular weight is 274 g/mol. The summed E-state index contributed by atoms with van der Waals surface area (Å²) in [5.74, 6) is 1.47. The van der Waals surface area contributed by atoms with E-state index in [-0.39, 0.29) is 5.41 Å². The Balaban J connectivity index is 2.13. The van der Waals surface area contributed by atoms with E-state index >= 15 is 0 Å². The molecule has 0 saturated heterocycles. The minimum absolute atomic E-state index is 0.142. The van der Waals surface area contributed by atoms with Crippen LogP contribution in [0.1, 0.15) is 52.0 Å². The number of aryl methyl sites for hydroxylation is 1. The van der Waals surface area contributed by atoms with Crippen LogP contribution in [-0.2, 0) is 11.8 Å². The normalized spacial score (nSPS) is 13.8. The number of benzene rings is 1. The molecule has 0 aliphatic rings. The zero-order valence-corrected chi connectivity index (χ0v) is 13.1. The smallest absolute Gasteiger partial charge is 0.195 e. The summed E-state index contributed by atoms with van der Waals surface area (Å²) < 4.78 is 5.82. The molecular formula is C17H26N2O. The van der Waals surface area contributed by atoms with Crippen molar-refractivity contribution in [1.82, 2.24) is 4.98 Å². The number of nitrogens with two attached hydrogens (primary N) is 1. The van der Waals surface area contributed by atoms with Gasteiger partial charge in [-0.2, -0.15) is 0 Å². The topological polar surface area (TPSA) is 52.0 Å². The third-order valence-electron chi connectivity index (χ3n) is 3.81. The highest BCUT2D eigenvalue weighted by atomic mass is 16.3. The van der Waals surface area contributed by atoms with Gasteiger partial charge in [0.1, 0.15) is 5.52 Å². The van der Waals surface area contributed by atoms with E-state index in [4.69, 9.17) is 10.2 Å². The van der Waals surface area contributed by atoms with Gasteiger partial charge in [-0.05, 0) is 48.4 Å². The number of hydrogen-bond donors (Lipinski definition) is 1. The average Bonchev–Trinajstić information content (AvgIpc) is 2.77. The van der Waals surface area contributed by atoms with E-state index in [0.717, 1.165) is 42.8 Å². The van der Waals surface area contributed by atoms with Crippen LogP contribution in [0.25, 0.3) is 11.1 Å². The van der Waals surface area contributed by atoms with Gasteiger partial charge in [0.2, 0.25) is 0 Å². The van der Waals surface area contributed by atoms with Gasteiger partial charge in [0.25, 0.3) is 0 Å². The lowest BCUT2D eigenvalue weighted by molar-refractivity contribution is 0.451. The SMILES string of the molecule is CC(CCN)CCc1nc2cc(C(C)(C)C)ccc2o1. The second-order valence-corrected chi connectivity index (χ2v) is 6.76. The molecule has 0 bridgehead atoms. The van der Waals surface area contributed by atoms with Gasteiger partial charge < -0.3 is 10.2 Å². The first-order valence-electron chi connectivity index (χ1n) is 7.50. The number of aromatic nitrogens is 1. The molecule has 2 rings (SSSR count). The summed E-state index contributed by atoms with van der Waals surface area (Å²) in [4.78, 5) is 4.62. The molecule has 0 amide bonds. The van der Waals surface area contributed by atoms with Crippen LogP contribution in [-0.4, -0.2) is 11.5 Å². The maximum Gasteiger partial charge on any atom is 0.195 e. The molecule has 3 heteroatoms. The van der Waals surface area contributed by atoms with Gasteiger partial charge in [0.05, 0.1) is 0 Å². The Morgan fingerprint density at radius 3 is 2.65 bits per heavy atom. The molecule has 2 N–H and O–H groups in total. The van der Waals surface area contributed by atoms with Crippen LogP contribution in [0.3, 0.4) is 0 Å². The fourth-order valence-electron chi connectivity index (χ4n) is 2.35. The van der Waals surface area contributed by atoms with E-state index in [1.165, 1.54) is 5.56 Å². The number of rotatable bonds is 5. The Morgan fingerprint density at radius 1 is 1.25 bits per heavy atom. The highest BCUT2D eigenvalue weighted by molar-refractivity contribution is 5.73. The van der Waals surface area contributed by atoms with Gasteiger partial charge in [-0.1, -0.05) is 33.8 Å². The van der Waals surface area contributed by atoms with Crippen LogP contribution in [0.2, 0.25) is 0 Å². The monoisotopic (exact) mass is 274 g/mol. The first-order chi connectivity index (χ1) is 9.40. The van der Waals surface area contributed by atoms with Crippen LogP contribution in [0.4, 0.5) is 0 Å². The van der Waals surface area contributed by atoms with Crippen molar-refractivity contribution in [2.24, 2.45) is 11.7 Å². The standard InChI is InChI=1S/C17H26N2O/c1-12(9-10-18)5-8-16-19-14-11-13(17(2,3)4)6-7-15(14)20-16/h6-7,11-12H,5,8-10,18H2,1-4H3. The van der Waals surface area contributed by atoms with Gasteiger partial charge in [0.15, 0.2) is 11.5 Å². The van der Waals surface area contributed by atoms with Crippen molar-refractivity contribution >= 4 is 11.1 Å². The minimum atomic E-state index is 0.142. The summed E-state index contributed by atoms with van der Waals surface area (Å²) in [6, 6.07) is 6.32. The lowest BCUT2D eigenvalue weighted by atomic mass is 9.87. The number of fused-ring (bicyclic) bond motifs is 1. The van der Waals surface area contributed by atoms with Crippen molar-refractivity contribution in [2.75, 3.05) is 6.54 Å². The third kappa shape index (κ3) is 3.60. The van der Waals surface area contributed by atoms with E-state index in [1.54, 1.807) is 0 Å². The van der Waals surface area contributed by atoms with Gasteiger partial charge in [0, 0.05) is 6.42 Å². The molecule has 0 saturated carbocycles. The highest BCUT2D eigenvalue weighted by Crippen LogP contribution is 2.26. The Morgan fingerprint density at radius 2 is 2.00 bits per heavy atom. The molecule has 1 aromatic carbocycles. The maximum atomic E-state index is 5.82. The van der Waals surface area contributed by atoms with Gasteiger partial charge >= 0.3 is 0 Å². The molecule has 0 radical (unpaired) electrons. The summed E-state index contributed by atoms with van der Waals surface area (Å²) in [6.07, 6.45) is 3.03. The zero-order valence-electron chi connectivity index (χ0n) is 13.1. The molecule has 1 heterocycles. The Hall–Kier alpha value is -1.35. The summed E-state index contributed by atoms with van der Waals surface area (Å²) in [7, 11) is 0. The third-order valence-corrected chi connectivity index (χ3v) is 3.81. The van der Waals surface area contributed by atoms with E-state index in [9.17, 15) is 0 Å². The van der Waals surface area contributed by atoms with Crippen LogP contribution < -0.4 is 5.73 Å². The van der Waals surface area contributed by atoms with Crippen molar-refractivity contribution in [3.05, 3.63) is 29.7 Å². The Labute approximate surface area is 121 Å². The van der Waals surface area contributed by atoms with E-state index in [0.29, 0.717) is 5.92 Å². The van der Waals surface area contributed by atoms with E-state index in [2.05, 4.69) is 44.8 Å². The van der Waals surface area contributed by atoms with Crippen LogP contribution in [0, 0.1) is 5.92 Å². The summed E-state index contributed by atoms with van der Waals surface area (Å²) in [5, 5.41) is 0. The molecule has 1 unspecified atom stereocenters. The minimum Gasteiger partial charge on any atom is -0.441 e. The van der Waals surface area contributed by atoms with Crippen molar-refractivity contribution < 1.29 is 4.42 Å². The van der Waals surface area contributed by atoms with E-state index in [1.807, 2.05) is 6.07 Å². The maximum absolute atomic E-state index is 5.82. The number of hydrogen-bond acceptors (Lipinski definition) is 3. The first-order valence-corrected chi connectivity index (χ1v) is 7.50. The van der Waals surface area contributed by atoms with E-state index < -0.39 is 0 Å². The predicted octanol–water partition coefficient (Wildman–Crippen LogP) is 4.04. The Bertz CT molecular complexity index is 566. The van der Waals surface area contributed by atoms with Crippen molar-refractivity contribution in [3.8, 4) is 0 Å². The molecule has 0 aliphatic carbocycles. The molecule has 0 fully saturated rings. The van der Waals surface area contributed by atoms with Gasteiger partial charge in [-0.25, -0.2) is 4.98 Å². The quantitative estimate of drug-likeness (QED) is 0.895. The number of nitrogens with zero attached hydrogens (tertiary/aromatic N) is 1. The fraction of sp³-hybridized carbons (Fsp3) is 0.588. The van der Waals surface area contributed by atoms with Crippen LogP contribution >= 0.6 is 0 Å². The Kier molecular flexibility index (Phi) is 4.48. The van der Waals surface area contributed by atoms with Crippen LogP contribution in [0.5, 0.6) is 0 Å². The molecule has 20 heavy (non-hydrogen) atoms. The predicted molar refractivity (Wildman–Crippen MR) is 83.9 cm³/mol. The number of oxazole rings is 1. The summed E-state index contributed by atoms with van der Waals surface area (Å²) in [5.41, 5.74) is 8.87. The lowest BCUT2D eigenvalue weighted by Crippen LogP contribution is -2.10. The molecule has 2 aromatic rings. The van der Waals surface area contributed by atoms with Gasteiger partial charge in [-0.3, -0.25) is 0 Å². The van der Waals surface area contributed by atoms with Crippen molar-refractivity contribution in [3.63, 3.8) is 0 Å². The second-order valence-electron chi connectivity index (χ2n) is 6.76.